The second-order valence-corrected chi connectivity index (χ2v) is 7.68. The second-order valence-electron chi connectivity index (χ2n) is 6.68. The van der Waals surface area contributed by atoms with Gasteiger partial charge >= 0.3 is 0 Å². The molecule has 0 bridgehead atoms. The summed E-state index contributed by atoms with van der Waals surface area (Å²) in [7, 11) is 0. The summed E-state index contributed by atoms with van der Waals surface area (Å²) in [6.07, 6.45) is 5.40. The van der Waals surface area contributed by atoms with Gasteiger partial charge in [0.15, 0.2) is 0 Å². The molecule has 0 radical (unpaired) electrons. The number of aromatic nitrogens is 1. The van der Waals surface area contributed by atoms with E-state index in [0.717, 1.165) is 11.1 Å². The van der Waals surface area contributed by atoms with Gasteiger partial charge in [0.05, 0.1) is 0 Å². The Hall–Kier alpha value is -4.10. The van der Waals surface area contributed by atoms with Crippen molar-refractivity contribution in [3.63, 3.8) is 0 Å². The van der Waals surface area contributed by atoms with E-state index in [1.165, 1.54) is 35.6 Å². The van der Waals surface area contributed by atoms with Crippen molar-refractivity contribution in [2.24, 2.45) is 5.10 Å². The SMILES string of the molecule is O=C(Nc1sc(N/N=C\C=C\c2ccccc2)nc1-c1ccccc1)c1ccc(F)cc1. The molecule has 1 aromatic heterocycles. The zero-order chi connectivity index (χ0) is 22.2. The summed E-state index contributed by atoms with van der Waals surface area (Å²) in [5.74, 6) is -0.735. The van der Waals surface area contributed by atoms with Crippen LogP contribution in [0.1, 0.15) is 15.9 Å². The van der Waals surface area contributed by atoms with E-state index >= 15 is 0 Å². The number of halogens is 1. The minimum Gasteiger partial charge on any atom is -0.312 e. The number of rotatable bonds is 7. The van der Waals surface area contributed by atoms with Crippen LogP contribution in [0.2, 0.25) is 0 Å². The molecule has 0 unspecified atom stereocenters. The maximum Gasteiger partial charge on any atom is 0.256 e. The van der Waals surface area contributed by atoms with Crippen molar-refractivity contribution in [2.45, 2.75) is 0 Å². The Morgan fingerprint density at radius 2 is 1.62 bits per heavy atom. The minimum absolute atomic E-state index is 0.341. The predicted octanol–water partition coefficient (Wildman–Crippen LogP) is 6.31. The summed E-state index contributed by atoms with van der Waals surface area (Å²) in [5, 5.41) is 8.16. The average Bonchev–Trinajstić information content (AvgIpc) is 3.23. The molecule has 0 aliphatic carbocycles. The van der Waals surface area contributed by atoms with Crippen LogP contribution in [0.25, 0.3) is 17.3 Å². The molecule has 0 saturated carbocycles. The maximum absolute atomic E-state index is 13.2. The van der Waals surface area contributed by atoms with E-state index in [1.54, 1.807) is 6.21 Å². The third-order valence-electron chi connectivity index (χ3n) is 4.42. The lowest BCUT2D eigenvalue weighted by Gasteiger charge is -2.05. The van der Waals surface area contributed by atoms with Crippen LogP contribution in [0.4, 0.5) is 14.5 Å². The van der Waals surface area contributed by atoms with E-state index in [2.05, 4.69) is 20.8 Å². The van der Waals surface area contributed by atoms with Crippen molar-refractivity contribution in [3.05, 3.63) is 108 Å². The lowest BCUT2D eigenvalue weighted by atomic mass is 10.1. The molecule has 7 heteroatoms. The Balaban J connectivity index is 1.51. The van der Waals surface area contributed by atoms with Crippen molar-refractivity contribution >= 4 is 39.7 Å². The number of hydrogen-bond acceptors (Lipinski definition) is 5. The molecular weight excluding hydrogens is 423 g/mol. The number of thiazole rings is 1. The Labute approximate surface area is 189 Å². The van der Waals surface area contributed by atoms with E-state index < -0.39 is 5.82 Å². The highest BCUT2D eigenvalue weighted by molar-refractivity contribution is 7.20. The van der Waals surface area contributed by atoms with Crippen LogP contribution in [0, 0.1) is 5.82 Å². The first-order valence-corrected chi connectivity index (χ1v) is 10.6. The van der Waals surface area contributed by atoms with Gasteiger partial charge in [0.1, 0.15) is 16.5 Å². The molecule has 4 aromatic rings. The molecule has 158 valence electrons. The molecule has 5 nitrogen and oxygen atoms in total. The summed E-state index contributed by atoms with van der Waals surface area (Å²) < 4.78 is 13.2. The summed E-state index contributed by atoms with van der Waals surface area (Å²) in [4.78, 5) is 17.2. The van der Waals surface area contributed by atoms with Crippen LogP contribution >= 0.6 is 11.3 Å². The standard InChI is InChI=1S/C25H19FN4OS/c26-21-15-13-20(14-16-21)23(31)29-24-22(19-11-5-2-6-12-19)28-25(32-24)30-27-17-7-10-18-8-3-1-4-9-18/h1-17H,(H,28,30)(H,29,31)/b10-7+,27-17-. The van der Waals surface area contributed by atoms with Crippen LogP contribution in [0.15, 0.2) is 96.1 Å². The molecular formula is C25H19FN4OS. The highest BCUT2D eigenvalue weighted by Gasteiger charge is 2.16. The topological polar surface area (TPSA) is 66.4 Å². The van der Waals surface area contributed by atoms with Crippen molar-refractivity contribution in [1.29, 1.82) is 0 Å². The summed E-state index contributed by atoms with van der Waals surface area (Å²) in [5.41, 5.74) is 5.83. The number of nitrogens with one attached hydrogen (secondary N) is 2. The fraction of sp³-hybridized carbons (Fsp3) is 0. The Morgan fingerprint density at radius 3 is 2.34 bits per heavy atom. The van der Waals surface area contributed by atoms with E-state index in [0.29, 0.717) is 21.4 Å². The minimum atomic E-state index is -0.394. The van der Waals surface area contributed by atoms with Crippen molar-refractivity contribution in [3.8, 4) is 11.3 Å². The van der Waals surface area contributed by atoms with Gasteiger partial charge in [0, 0.05) is 17.3 Å². The maximum atomic E-state index is 13.2. The zero-order valence-corrected chi connectivity index (χ0v) is 17.7. The number of hydrazone groups is 1. The number of allylic oxidation sites excluding steroid dienone is 1. The van der Waals surface area contributed by atoms with Gasteiger partial charge in [0.25, 0.3) is 5.91 Å². The van der Waals surface area contributed by atoms with Gasteiger partial charge in [-0.1, -0.05) is 78.1 Å². The van der Waals surface area contributed by atoms with E-state index in [-0.39, 0.29) is 5.91 Å². The van der Waals surface area contributed by atoms with Crippen LogP contribution in [-0.4, -0.2) is 17.1 Å². The first-order valence-electron chi connectivity index (χ1n) is 9.83. The van der Waals surface area contributed by atoms with Crippen molar-refractivity contribution in [1.82, 2.24) is 4.98 Å². The number of carbonyl (C=O) groups excluding carboxylic acids is 1. The van der Waals surface area contributed by atoms with Gasteiger partial charge in [-0.3, -0.25) is 10.2 Å². The number of anilines is 2. The first kappa shape index (κ1) is 21.1. The lowest BCUT2D eigenvalue weighted by molar-refractivity contribution is 0.102. The number of nitrogens with zero attached hydrogens (tertiary/aromatic N) is 2. The monoisotopic (exact) mass is 442 g/mol. The quantitative estimate of drug-likeness (QED) is 0.260. The molecule has 4 rings (SSSR count). The number of amides is 1. The summed E-state index contributed by atoms with van der Waals surface area (Å²) >= 11 is 1.27. The normalized spacial score (nSPS) is 11.2. The smallest absolute Gasteiger partial charge is 0.256 e. The fourth-order valence-corrected chi connectivity index (χ4v) is 3.71. The third-order valence-corrected chi connectivity index (χ3v) is 5.29. The van der Waals surface area contributed by atoms with Crippen LogP contribution in [-0.2, 0) is 0 Å². The lowest BCUT2D eigenvalue weighted by Crippen LogP contribution is -2.11. The van der Waals surface area contributed by atoms with Gasteiger partial charge in [-0.05, 0) is 35.9 Å². The molecule has 0 atom stereocenters. The Kier molecular flexibility index (Phi) is 6.79. The van der Waals surface area contributed by atoms with Gasteiger partial charge in [-0.25, -0.2) is 9.37 Å². The van der Waals surface area contributed by atoms with E-state index in [9.17, 15) is 9.18 Å². The predicted molar refractivity (Wildman–Crippen MR) is 129 cm³/mol. The first-order chi connectivity index (χ1) is 15.7. The number of carbonyl (C=O) groups is 1. The van der Waals surface area contributed by atoms with Crippen LogP contribution in [0.3, 0.4) is 0 Å². The average molecular weight is 443 g/mol. The zero-order valence-electron chi connectivity index (χ0n) is 16.9. The second kappa shape index (κ2) is 10.3. The van der Waals surface area contributed by atoms with Crippen LogP contribution in [0.5, 0.6) is 0 Å². The van der Waals surface area contributed by atoms with E-state index in [1.807, 2.05) is 72.8 Å². The highest BCUT2D eigenvalue weighted by atomic mass is 32.1. The number of benzene rings is 3. The summed E-state index contributed by atoms with van der Waals surface area (Å²) in [6.45, 7) is 0. The fourth-order valence-electron chi connectivity index (χ4n) is 2.87. The van der Waals surface area contributed by atoms with Gasteiger partial charge < -0.3 is 5.32 Å². The Bertz CT molecular complexity index is 1240. The van der Waals surface area contributed by atoms with Gasteiger partial charge in [-0.2, -0.15) is 5.10 Å². The molecule has 0 spiro atoms. The van der Waals surface area contributed by atoms with Crippen LogP contribution < -0.4 is 10.7 Å². The molecule has 32 heavy (non-hydrogen) atoms. The van der Waals surface area contributed by atoms with Gasteiger partial charge in [0.2, 0.25) is 5.13 Å². The molecule has 2 N–H and O–H groups in total. The Morgan fingerprint density at radius 1 is 0.938 bits per heavy atom. The van der Waals surface area contributed by atoms with Crippen molar-refractivity contribution < 1.29 is 9.18 Å². The summed E-state index contributed by atoms with van der Waals surface area (Å²) in [6, 6.07) is 24.8. The molecule has 0 aliphatic heterocycles. The van der Waals surface area contributed by atoms with E-state index in [4.69, 9.17) is 0 Å². The number of hydrogen-bond donors (Lipinski definition) is 2. The molecule has 3 aromatic carbocycles. The molecule has 1 amide bonds. The molecule has 0 saturated heterocycles. The van der Waals surface area contributed by atoms with Gasteiger partial charge in [-0.15, -0.1) is 0 Å². The molecule has 0 aliphatic rings. The largest absolute Gasteiger partial charge is 0.312 e. The third kappa shape index (κ3) is 5.53. The highest BCUT2D eigenvalue weighted by Crippen LogP contribution is 2.36. The molecule has 0 fully saturated rings. The van der Waals surface area contributed by atoms with Crippen molar-refractivity contribution in [2.75, 3.05) is 10.7 Å². The molecule has 1 heterocycles.